The lowest BCUT2D eigenvalue weighted by Gasteiger charge is -2.38. The van der Waals surface area contributed by atoms with Crippen LogP contribution in [0.1, 0.15) is 18.4 Å². The van der Waals surface area contributed by atoms with Gasteiger partial charge in [0, 0.05) is 50.0 Å². The van der Waals surface area contributed by atoms with Crippen molar-refractivity contribution in [2.45, 2.75) is 19.4 Å². The van der Waals surface area contributed by atoms with Gasteiger partial charge in [-0.2, -0.15) is 0 Å². The molecule has 3 heterocycles. The molecular formula is C21H24ClFN2O2. The van der Waals surface area contributed by atoms with Gasteiger partial charge >= 0.3 is 0 Å². The highest BCUT2D eigenvalue weighted by Gasteiger charge is 2.47. The molecule has 2 aromatic rings. The molecule has 1 unspecified atom stereocenters. The molecule has 0 aliphatic carbocycles. The summed E-state index contributed by atoms with van der Waals surface area (Å²) < 4.78 is 25.0. The van der Waals surface area contributed by atoms with E-state index in [0.29, 0.717) is 17.5 Å². The number of pyridine rings is 1. The maximum atomic E-state index is 13.3. The van der Waals surface area contributed by atoms with Crippen LogP contribution in [0.3, 0.4) is 0 Å². The minimum absolute atomic E-state index is 0.201. The molecule has 1 atom stereocenters. The Labute approximate surface area is 164 Å². The first-order valence-electron chi connectivity index (χ1n) is 9.41. The van der Waals surface area contributed by atoms with Crippen molar-refractivity contribution in [3.63, 3.8) is 0 Å². The molecule has 4 nitrogen and oxygen atoms in total. The van der Waals surface area contributed by atoms with Crippen molar-refractivity contribution in [3.05, 3.63) is 59.1 Å². The van der Waals surface area contributed by atoms with Gasteiger partial charge in [-0.1, -0.05) is 17.7 Å². The monoisotopic (exact) mass is 390 g/mol. The Balaban J connectivity index is 1.47. The summed E-state index contributed by atoms with van der Waals surface area (Å²) in [6.07, 6.45) is 5.58. The maximum Gasteiger partial charge on any atom is 0.137 e. The molecule has 2 aliphatic heterocycles. The van der Waals surface area contributed by atoms with Gasteiger partial charge in [-0.05, 0) is 48.1 Å². The molecule has 1 aromatic carbocycles. The minimum atomic E-state index is -0.297. The van der Waals surface area contributed by atoms with Gasteiger partial charge in [0.15, 0.2) is 0 Å². The predicted molar refractivity (Wildman–Crippen MR) is 102 cm³/mol. The van der Waals surface area contributed by atoms with Gasteiger partial charge in [-0.3, -0.25) is 9.88 Å². The molecular weight excluding hydrogens is 367 g/mol. The summed E-state index contributed by atoms with van der Waals surface area (Å²) in [5.41, 5.74) is 1.17. The third kappa shape index (κ3) is 4.26. The van der Waals surface area contributed by atoms with E-state index in [2.05, 4.69) is 9.88 Å². The second-order valence-corrected chi connectivity index (χ2v) is 7.98. The van der Waals surface area contributed by atoms with Crippen molar-refractivity contribution in [1.29, 1.82) is 0 Å². The van der Waals surface area contributed by atoms with Crippen molar-refractivity contribution < 1.29 is 13.9 Å². The number of hydrogen-bond acceptors (Lipinski definition) is 4. The van der Waals surface area contributed by atoms with Crippen molar-refractivity contribution in [2.24, 2.45) is 11.3 Å². The summed E-state index contributed by atoms with van der Waals surface area (Å²) in [5.74, 6) is 0.925. The average molecular weight is 391 g/mol. The van der Waals surface area contributed by atoms with Crippen LogP contribution in [-0.2, 0) is 11.3 Å². The number of likely N-dealkylation sites (tertiary alicyclic amines) is 1. The van der Waals surface area contributed by atoms with E-state index < -0.39 is 0 Å². The fourth-order valence-corrected chi connectivity index (χ4v) is 4.59. The largest absolute Gasteiger partial charge is 0.492 e. The number of hydrogen-bond donors (Lipinski definition) is 0. The summed E-state index contributed by atoms with van der Waals surface area (Å²) in [4.78, 5) is 6.54. The summed E-state index contributed by atoms with van der Waals surface area (Å²) in [7, 11) is 0. The molecule has 144 valence electrons. The molecule has 0 N–H and O–H groups in total. The molecule has 0 amide bonds. The summed E-state index contributed by atoms with van der Waals surface area (Å²) >= 11 is 6.24. The lowest BCUT2D eigenvalue weighted by molar-refractivity contribution is -0.00943. The molecule has 2 aliphatic rings. The standard InChI is InChI=1S/C21H24ClFN2O2/c22-20-10-18(23)4-3-16(20)12-25-13-17(14-27-19-2-1-7-24-11-19)21(15-25)5-8-26-9-6-21/h1-4,7,10-11,17H,5-6,8-9,12-15H2. The number of halogens is 2. The Morgan fingerprint density at radius 2 is 2.15 bits per heavy atom. The molecule has 4 rings (SSSR count). The van der Waals surface area contributed by atoms with E-state index in [4.69, 9.17) is 21.1 Å². The first-order valence-corrected chi connectivity index (χ1v) is 9.79. The third-order valence-electron chi connectivity index (χ3n) is 5.87. The van der Waals surface area contributed by atoms with Gasteiger partial charge < -0.3 is 9.47 Å². The first kappa shape index (κ1) is 18.7. The van der Waals surface area contributed by atoms with Crippen LogP contribution >= 0.6 is 11.6 Å². The van der Waals surface area contributed by atoms with Crippen molar-refractivity contribution in [2.75, 3.05) is 32.9 Å². The Morgan fingerprint density at radius 3 is 2.89 bits per heavy atom. The predicted octanol–water partition coefficient (Wildman–Crippen LogP) is 4.18. The number of benzene rings is 1. The van der Waals surface area contributed by atoms with Crippen molar-refractivity contribution in [1.82, 2.24) is 9.88 Å². The van der Waals surface area contributed by atoms with Gasteiger partial charge in [-0.15, -0.1) is 0 Å². The van der Waals surface area contributed by atoms with Gasteiger partial charge in [0.1, 0.15) is 11.6 Å². The van der Waals surface area contributed by atoms with Crippen LogP contribution in [0.25, 0.3) is 0 Å². The SMILES string of the molecule is Fc1ccc(CN2CC(COc3cccnc3)C3(CCOCC3)C2)c(Cl)c1. The second kappa shape index (κ2) is 8.13. The Kier molecular flexibility index (Phi) is 5.62. The molecule has 27 heavy (non-hydrogen) atoms. The van der Waals surface area contributed by atoms with Gasteiger partial charge in [0.25, 0.3) is 0 Å². The fraction of sp³-hybridized carbons (Fsp3) is 0.476. The highest BCUT2D eigenvalue weighted by atomic mass is 35.5. The smallest absolute Gasteiger partial charge is 0.137 e. The second-order valence-electron chi connectivity index (χ2n) is 7.58. The van der Waals surface area contributed by atoms with Crippen molar-refractivity contribution >= 4 is 11.6 Å². The van der Waals surface area contributed by atoms with E-state index in [1.54, 1.807) is 18.5 Å². The van der Waals surface area contributed by atoms with E-state index in [1.807, 2.05) is 12.1 Å². The topological polar surface area (TPSA) is 34.6 Å². The first-order chi connectivity index (χ1) is 13.1. The zero-order chi connectivity index (χ0) is 18.7. The summed E-state index contributed by atoms with van der Waals surface area (Å²) in [6.45, 7) is 4.92. The quantitative estimate of drug-likeness (QED) is 0.767. The van der Waals surface area contributed by atoms with Crippen LogP contribution in [0, 0.1) is 17.2 Å². The van der Waals surface area contributed by atoms with Gasteiger partial charge in [-0.25, -0.2) is 4.39 Å². The summed E-state index contributed by atoms with van der Waals surface area (Å²) in [6, 6.07) is 8.48. The van der Waals surface area contributed by atoms with E-state index >= 15 is 0 Å². The van der Waals surface area contributed by atoms with E-state index in [1.165, 1.54) is 12.1 Å². The van der Waals surface area contributed by atoms with Crippen LogP contribution < -0.4 is 4.74 Å². The zero-order valence-corrected chi connectivity index (χ0v) is 16.0. The van der Waals surface area contributed by atoms with Gasteiger partial charge in [0.2, 0.25) is 0 Å². The molecule has 2 saturated heterocycles. The Morgan fingerprint density at radius 1 is 1.30 bits per heavy atom. The lowest BCUT2D eigenvalue weighted by atomic mass is 9.72. The van der Waals surface area contributed by atoms with Gasteiger partial charge in [0.05, 0.1) is 12.8 Å². The highest BCUT2D eigenvalue weighted by molar-refractivity contribution is 6.31. The molecule has 1 spiro atoms. The zero-order valence-electron chi connectivity index (χ0n) is 15.2. The minimum Gasteiger partial charge on any atom is -0.492 e. The lowest BCUT2D eigenvalue weighted by Crippen LogP contribution is -2.39. The molecule has 0 radical (unpaired) electrons. The average Bonchev–Trinajstić information content (AvgIpc) is 3.00. The molecule has 0 bridgehead atoms. The Bertz CT molecular complexity index is 768. The van der Waals surface area contributed by atoms with Crippen LogP contribution in [0.4, 0.5) is 4.39 Å². The van der Waals surface area contributed by atoms with E-state index in [-0.39, 0.29) is 11.2 Å². The van der Waals surface area contributed by atoms with E-state index in [0.717, 1.165) is 57.0 Å². The molecule has 1 aromatic heterocycles. The normalized spacial score (nSPS) is 22.2. The number of nitrogens with zero attached hydrogens (tertiary/aromatic N) is 2. The highest BCUT2D eigenvalue weighted by Crippen LogP contribution is 2.45. The van der Waals surface area contributed by atoms with Crippen LogP contribution in [0.2, 0.25) is 5.02 Å². The summed E-state index contributed by atoms with van der Waals surface area (Å²) in [5, 5.41) is 0.492. The Hall–Kier alpha value is -1.69. The molecule has 2 fully saturated rings. The number of ether oxygens (including phenoxy) is 2. The fourth-order valence-electron chi connectivity index (χ4n) is 4.36. The maximum absolute atomic E-state index is 13.3. The van der Waals surface area contributed by atoms with E-state index in [9.17, 15) is 4.39 Å². The van der Waals surface area contributed by atoms with Crippen LogP contribution in [-0.4, -0.2) is 42.8 Å². The van der Waals surface area contributed by atoms with Crippen LogP contribution in [0.5, 0.6) is 5.75 Å². The third-order valence-corrected chi connectivity index (χ3v) is 6.22. The van der Waals surface area contributed by atoms with Crippen LogP contribution in [0.15, 0.2) is 42.7 Å². The number of aromatic nitrogens is 1. The molecule has 0 saturated carbocycles. The molecule has 6 heteroatoms. The number of rotatable bonds is 5. The van der Waals surface area contributed by atoms with Crippen molar-refractivity contribution in [3.8, 4) is 5.75 Å².